The number of sulfonamides is 1. The van der Waals surface area contributed by atoms with Gasteiger partial charge in [-0.05, 0) is 80.3 Å². The zero-order valence-electron chi connectivity index (χ0n) is 23.2. The van der Waals surface area contributed by atoms with Gasteiger partial charge in [-0.15, -0.1) is 0 Å². The molecule has 0 spiro atoms. The van der Waals surface area contributed by atoms with E-state index in [2.05, 4.69) is 5.32 Å². The third-order valence-corrected chi connectivity index (χ3v) is 8.40. The van der Waals surface area contributed by atoms with Gasteiger partial charge in [-0.2, -0.15) is 0 Å². The second kappa shape index (κ2) is 13.3. The van der Waals surface area contributed by atoms with Gasteiger partial charge in [0.1, 0.15) is 18.3 Å². The number of nitrogens with one attached hydrogen (secondary N) is 1. The Hall–Kier alpha value is -3.85. The molecule has 1 atom stereocenters. The topological polar surface area (TPSA) is 96.0 Å². The molecule has 208 valence electrons. The zero-order valence-corrected chi connectivity index (χ0v) is 24.0. The van der Waals surface area contributed by atoms with Crippen LogP contribution in [-0.2, 0) is 26.2 Å². The van der Waals surface area contributed by atoms with Gasteiger partial charge in [0.15, 0.2) is 0 Å². The molecule has 3 aromatic rings. The lowest BCUT2D eigenvalue weighted by Gasteiger charge is -2.33. The van der Waals surface area contributed by atoms with Crippen LogP contribution < -0.4 is 14.4 Å². The highest BCUT2D eigenvalue weighted by atomic mass is 32.2. The van der Waals surface area contributed by atoms with Crippen molar-refractivity contribution >= 4 is 27.5 Å². The molecule has 2 amide bonds. The number of methoxy groups -OCH3 is 1. The van der Waals surface area contributed by atoms with Crippen molar-refractivity contribution in [2.45, 2.75) is 51.6 Å². The Labute approximate surface area is 231 Å². The van der Waals surface area contributed by atoms with Crippen molar-refractivity contribution in [1.29, 1.82) is 0 Å². The van der Waals surface area contributed by atoms with Crippen molar-refractivity contribution in [3.8, 4) is 5.75 Å². The van der Waals surface area contributed by atoms with Crippen molar-refractivity contribution < 1.29 is 22.7 Å². The molecule has 0 aliphatic carbocycles. The van der Waals surface area contributed by atoms with E-state index in [1.54, 1.807) is 49.6 Å². The first kappa shape index (κ1) is 29.7. The Bertz CT molecular complexity index is 1390. The molecule has 0 fully saturated rings. The van der Waals surface area contributed by atoms with Crippen molar-refractivity contribution in [2.24, 2.45) is 0 Å². The molecule has 0 saturated carbocycles. The van der Waals surface area contributed by atoms with Gasteiger partial charge in [0.2, 0.25) is 11.8 Å². The normalized spacial score (nSPS) is 11.9. The fourth-order valence-corrected chi connectivity index (χ4v) is 5.74. The van der Waals surface area contributed by atoms with Gasteiger partial charge in [-0.25, -0.2) is 8.42 Å². The van der Waals surface area contributed by atoms with Gasteiger partial charge in [-0.3, -0.25) is 13.9 Å². The summed E-state index contributed by atoms with van der Waals surface area (Å²) in [5, 5.41) is 2.81. The Morgan fingerprint density at radius 1 is 0.923 bits per heavy atom. The molecule has 9 heteroatoms. The van der Waals surface area contributed by atoms with Crippen LogP contribution in [0.15, 0.2) is 77.7 Å². The lowest BCUT2D eigenvalue weighted by Crippen LogP contribution is -2.52. The largest absolute Gasteiger partial charge is 0.497 e. The molecule has 0 aliphatic rings. The van der Waals surface area contributed by atoms with E-state index in [1.807, 2.05) is 45.9 Å². The van der Waals surface area contributed by atoms with Crippen molar-refractivity contribution in [3.63, 3.8) is 0 Å². The monoisotopic (exact) mass is 551 g/mol. The molecule has 0 aromatic heterocycles. The number of aryl methyl sites for hydroxylation is 2. The molecule has 8 nitrogen and oxygen atoms in total. The molecule has 3 rings (SSSR count). The van der Waals surface area contributed by atoms with Crippen LogP contribution in [0.4, 0.5) is 5.69 Å². The van der Waals surface area contributed by atoms with Crippen molar-refractivity contribution in [2.75, 3.05) is 24.5 Å². The lowest BCUT2D eigenvalue weighted by molar-refractivity contribution is -0.140. The van der Waals surface area contributed by atoms with Crippen molar-refractivity contribution in [1.82, 2.24) is 10.2 Å². The highest BCUT2D eigenvalue weighted by Crippen LogP contribution is 2.27. The van der Waals surface area contributed by atoms with Crippen LogP contribution in [0.1, 0.15) is 37.0 Å². The van der Waals surface area contributed by atoms with E-state index >= 15 is 0 Å². The Kier molecular flexibility index (Phi) is 10.1. The van der Waals surface area contributed by atoms with E-state index in [1.165, 1.54) is 17.0 Å². The Balaban J connectivity index is 2.08. The first-order valence-electron chi connectivity index (χ1n) is 13.0. The highest BCUT2D eigenvalue weighted by Gasteiger charge is 2.33. The summed E-state index contributed by atoms with van der Waals surface area (Å²) in [4.78, 5) is 28.6. The molecular formula is C30H37N3O5S. The van der Waals surface area contributed by atoms with E-state index < -0.39 is 28.5 Å². The quantitative estimate of drug-likeness (QED) is 0.359. The molecule has 1 unspecified atom stereocenters. The average molecular weight is 552 g/mol. The summed E-state index contributed by atoms with van der Waals surface area (Å²) >= 11 is 0. The van der Waals surface area contributed by atoms with Crippen LogP contribution in [-0.4, -0.2) is 51.4 Å². The summed E-state index contributed by atoms with van der Waals surface area (Å²) in [5.41, 5.74) is 3.04. The molecule has 0 bridgehead atoms. The minimum absolute atomic E-state index is 0.0751. The summed E-state index contributed by atoms with van der Waals surface area (Å²) < 4.78 is 34.2. The number of hydrogen-bond donors (Lipinski definition) is 1. The predicted octanol–water partition coefficient (Wildman–Crippen LogP) is 4.45. The van der Waals surface area contributed by atoms with E-state index in [-0.39, 0.29) is 17.3 Å². The minimum atomic E-state index is -4.09. The highest BCUT2D eigenvalue weighted by molar-refractivity contribution is 7.92. The third kappa shape index (κ3) is 7.17. The van der Waals surface area contributed by atoms with Crippen LogP contribution in [0, 0.1) is 13.8 Å². The van der Waals surface area contributed by atoms with Crippen LogP contribution in [0.5, 0.6) is 5.75 Å². The van der Waals surface area contributed by atoms with Gasteiger partial charge < -0.3 is 15.0 Å². The molecule has 3 aromatic carbocycles. The number of anilines is 1. The molecular weight excluding hydrogens is 514 g/mol. The minimum Gasteiger partial charge on any atom is -0.497 e. The maximum atomic E-state index is 14.0. The number of rotatable bonds is 12. The van der Waals surface area contributed by atoms with E-state index in [4.69, 9.17) is 4.74 Å². The standard InChI is InChI=1S/C30H37N3O5S/c1-6-28(30(35)31-7-2)32(20-24-12-11-13-26(19-24)38-5)29(34)21-33(25-17-16-22(3)23(4)18-25)39(36,37)27-14-9-8-10-15-27/h8-19,28H,6-7,20-21H2,1-5H3,(H,31,35). The predicted molar refractivity (Wildman–Crippen MR) is 153 cm³/mol. The smallest absolute Gasteiger partial charge is 0.264 e. The summed E-state index contributed by atoms with van der Waals surface area (Å²) in [5.74, 6) is -0.164. The van der Waals surface area contributed by atoms with Gasteiger partial charge in [0, 0.05) is 13.1 Å². The van der Waals surface area contributed by atoms with E-state index in [0.717, 1.165) is 21.0 Å². The summed E-state index contributed by atoms with van der Waals surface area (Å²) in [6, 6.07) is 19.8. The molecule has 0 aliphatic heterocycles. The molecule has 0 radical (unpaired) electrons. The number of hydrogen-bond acceptors (Lipinski definition) is 5. The van der Waals surface area contributed by atoms with Gasteiger partial charge >= 0.3 is 0 Å². The third-order valence-electron chi connectivity index (χ3n) is 6.61. The van der Waals surface area contributed by atoms with Gasteiger partial charge in [-0.1, -0.05) is 43.3 Å². The number of carbonyl (C=O) groups excluding carboxylic acids is 2. The van der Waals surface area contributed by atoms with Crippen LogP contribution in [0.25, 0.3) is 0 Å². The van der Waals surface area contributed by atoms with Crippen LogP contribution in [0.3, 0.4) is 0 Å². The summed E-state index contributed by atoms with van der Waals surface area (Å²) in [6.07, 6.45) is 0.358. The number of benzene rings is 3. The van der Waals surface area contributed by atoms with E-state index in [9.17, 15) is 18.0 Å². The summed E-state index contributed by atoms with van der Waals surface area (Å²) in [6.45, 7) is 7.52. The zero-order chi connectivity index (χ0) is 28.6. The van der Waals surface area contributed by atoms with Crippen LogP contribution in [0.2, 0.25) is 0 Å². The fraction of sp³-hybridized carbons (Fsp3) is 0.333. The molecule has 0 heterocycles. The van der Waals surface area contributed by atoms with E-state index in [0.29, 0.717) is 24.4 Å². The van der Waals surface area contributed by atoms with Crippen molar-refractivity contribution in [3.05, 3.63) is 89.5 Å². The number of nitrogens with zero attached hydrogens (tertiary/aromatic N) is 2. The number of carbonyl (C=O) groups is 2. The fourth-order valence-electron chi connectivity index (χ4n) is 4.31. The molecule has 0 saturated heterocycles. The average Bonchev–Trinajstić information content (AvgIpc) is 2.93. The number of amides is 2. The molecule has 39 heavy (non-hydrogen) atoms. The van der Waals surface area contributed by atoms with Crippen LogP contribution >= 0.6 is 0 Å². The second-order valence-electron chi connectivity index (χ2n) is 9.29. The SMILES string of the molecule is CCNC(=O)C(CC)N(Cc1cccc(OC)c1)C(=O)CN(c1ccc(C)c(C)c1)S(=O)(=O)c1ccccc1. The Morgan fingerprint density at radius 2 is 1.64 bits per heavy atom. The Morgan fingerprint density at radius 3 is 2.26 bits per heavy atom. The maximum absolute atomic E-state index is 14.0. The number of likely N-dealkylation sites (N-methyl/N-ethyl adjacent to an activating group) is 1. The molecule has 1 N–H and O–H groups in total. The first-order chi connectivity index (χ1) is 18.6. The van der Waals surface area contributed by atoms with Gasteiger partial charge in [0.25, 0.3) is 10.0 Å². The number of ether oxygens (including phenoxy) is 1. The summed E-state index contributed by atoms with van der Waals surface area (Å²) in [7, 11) is -2.54. The second-order valence-corrected chi connectivity index (χ2v) is 11.1. The van der Waals surface area contributed by atoms with Gasteiger partial charge in [0.05, 0.1) is 17.7 Å². The first-order valence-corrected chi connectivity index (χ1v) is 14.4. The lowest BCUT2D eigenvalue weighted by atomic mass is 10.1. The maximum Gasteiger partial charge on any atom is 0.264 e.